The third-order valence-corrected chi connectivity index (χ3v) is 8.06. The van der Waals surface area contributed by atoms with Crippen molar-refractivity contribution in [2.24, 2.45) is 0 Å². The second-order valence-electron chi connectivity index (χ2n) is 9.45. The van der Waals surface area contributed by atoms with Crippen LogP contribution in [0.1, 0.15) is 11.1 Å². The van der Waals surface area contributed by atoms with Crippen LogP contribution in [0.2, 0.25) is 15.2 Å². The van der Waals surface area contributed by atoms with E-state index in [2.05, 4.69) is 25.2 Å². The van der Waals surface area contributed by atoms with Crippen LogP contribution >= 0.6 is 34.8 Å². The second-order valence-corrected chi connectivity index (χ2v) is 10.6. The maximum absolute atomic E-state index is 14.1. The van der Waals surface area contributed by atoms with Crippen LogP contribution in [0.15, 0.2) is 42.6 Å². The van der Waals surface area contributed by atoms with Gasteiger partial charge in [-0.3, -0.25) is 0 Å². The molecule has 5 aromatic rings. The minimum Gasteiger partial charge on any atom is -0.354 e. The van der Waals surface area contributed by atoms with Crippen molar-refractivity contribution in [2.75, 3.05) is 31.1 Å². The molecule has 1 fully saturated rings. The summed E-state index contributed by atoms with van der Waals surface area (Å²) < 4.78 is 54.0. The van der Waals surface area contributed by atoms with Crippen molar-refractivity contribution in [1.82, 2.24) is 20.3 Å². The van der Waals surface area contributed by atoms with Crippen molar-refractivity contribution >= 4 is 62.4 Å². The van der Waals surface area contributed by atoms with Gasteiger partial charge in [0.25, 0.3) is 0 Å². The zero-order valence-corrected chi connectivity index (χ0v) is 24.1. The Bertz CT molecular complexity index is 1780. The average molecular weight is 623 g/mol. The number of piperazine rings is 1. The first-order chi connectivity index (χ1) is 19.5. The van der Waals surface area contributed by atoms with Gasteiger partial charge in [-0.05, 0) is 31.5 Å². The van der Waals surface area contributed by atoms with E-state index in [0.717, 1.165) is 55.8 Å². The monoisotopic (exact) mass is 621 g/mol. The largest absolute Gasteiger partial charge is 0.354 e. The molecule has 1 aliphatic heterocycles. The number of fused-ring (bicyclic) bond motifs is 2. The molecule has 0 atom stereocenters. The van der Waals surface area contributed by atoms with Gasteiger partial charge < -0.3 is 10.2 Å². The standard InChI is InChI=1S/C19H17ClF2N4.C10H5Cl2F2N/c1-11-18(20)17-14(22)8-13(21)9-15(17)25-19(11)12-2-3-16(24-10-12)26-6-4-23-5-7-26;1-4-9(11)8-6(14)2-5(13)3-7(8)15-10(4)12/h2-3,8-10,23H,4-7H2,1H3;2-3H,1H3. The highest BCUT2D eigenvalue weighted by atomic mass is 35.5. The first-order valence-electron chi connectivity index (χ1n) is 12.5. The summed E-state index contributed by atoms with van der Waals surface area (Å²) in [6.07, 6.45) is 1.73. The quantitative estimate of drug-likeness (QED) is 0.159. The maximum Gasteiger partial charge on any atom is 0.137 e. The predicted octanol–water partition coefficient (Wildman–Crippen LogP) is 8.07. The van der Waals surface area contributed by atoms with Gasteiger partial charge in [-0.1, -0.05) is 34.8 Å². The Kier molecular flexibility index (Phi) is 8.52. The molecular weight excluding hydrogens is 601 g/mol. The van der Waals surface area contributed by atoms with Gasteiger partial charge in [-0.2, -0.15) is 0 Å². The fourth-order valence-corrected chi connectivity index (χ4v) is 5.37. The molecule has 12 heteroatoms. The molecule has 0 spiro atoms. The summed E-state index contributed by atoms with van der Waals surface area (Å²) in [4.78, 5) is 15.0. The Balaban J connectivity index is 0.000000191. The molecule has 2 aromatic carbocycles. The first kappa shape index (κ1) is 29.3. The molecule has 1 saturated heterocycles. The van der Waals surface area contributed by atoms with E-state index < -0.39 is 23.3 Å². The van der Waals surface area contributed by atoms with E-state index in [1.54, 1.807) is 20.0 Å². The summed E-state index contributed by atoms with van der Waals surface area (Å²) in [5, 5.41) is 4.11. The molecule has 0 aliphatic carbocycles. The third-order valence-electron chi connectivity index (χ3n) is 6.74. The molecule has 0 saturated carbocycles. The minimum atomic E-state index is -0.734. The lowest BCUT2D eigenvalue weighted by molar-refractivity contribution is 0.585. The summed E-state index contributed by atoms with van der Waals surface area (Å²) in [6.45, 7) is 7.08. The second kappa shape index (κ2) is 11.9. The smallest absolute Gasteiger partial charge is 0.137 e. The molecule has 0 amide bonds. The fraction of sp³-hybridized carbons (Fsp3) is 0.207. The topological polar surface area (TPSA) is 53.9 Å². The highest BCUT2D eigenvalue weighted by Gasteiger charge is 2.18. The normalized spacial score (nSPS) is 13.4. The van der Waals surface area contributed by atoms with Gasteiger partial charge in [-0.15, -0.1) is 0 Å². The summed E-state index contributed by atoms with van der Waals surface area (Å²) >= 11 is 18.0. The van der Waals surface area contributed by atoms with Crippen LogP contribution in [-0.4, -0.2) is 41.1 Å². The molecule has 0 bridgehead atoms. The third kappa shape index (κ3) is 5.90. The van der Waals surface area contributed by atoms with Gasteiger partial charge in [-0.25, -0.2) is 32.5 Å². The van der Waals surface area contributed by atoms with Crippen LogP contribution in [0.25, 0.3) is 33.1 Å². The number of hydrogen-bond donors (Lipinski definition) is 1. The molecule has 212 valence electrons. The van der Waals surface area contributed by atoms with E-state index in [1.807, 2.05) is 12.1 Å². The number of halogens is 7. The maximum atomic E-state index is 14.1. The van der Waals surface area contributed by atoms with Gasteiger partial charge >= 0.3 is 0 Å². The summed E-state index contributed by atoms with van der Waals surface area (Å²) in [7, 11) is 0. The van der Waals surface area contributed by atoms with E-state index in [9.17, 15) is 17.6 Å². The lowest BCUT2D eigenvalue weighted by atomic mass is 10.0. The molecule has 1 aliphatic rings. The van der Waals surface area contributed by atoms with Crippen LogP contribution in [0, 0.1) is 37.1 Å². The molecule has 0 radical (unpaired) electrons. The molecule has 5 nitrogen and oxygen atoms in total. The molecule has 4 heterocycles. The van der Waals surface area contributed by atoms with Crippen molar-refractivity contribution in [3.63, 3.8) is 0 Å². The Morgan fingerprint density at radius 2 is 1.32 bits per heavy atom. The number of nitrogens with one attached hydrogen (secondary N) is 1. The van der Waals surface area contributed by atoms with Crippen LogP contribution in [0.4, 0.5) is 23.4 Å². The van der Waals surface area contributed by atoms with Crippen LogP contribution in [0.5, 0.6) is 0 Å². The summed E-state index contributed by atoms with van der Waals surface area (Å²) in [5.41, 5.74) is 2.77. The van der Waals surface area contributed by atoms with Crippen molar-refractivity contribution in [3.05, 3.63) is 92.2 Å². The first-order valence-corrected chi connectivity index (χ1v) is 13.7. The van der Waals surface area contributed by atoms with Crippen molar-refractivity contribution in [3.8, 4) is 11.3 Å². The van der Waals surface area contributed by atoms with Gasteiger partial charge in [0, 0.05) is 67.8 Å². The van der Waals surface area contributed by atoms with Gasteiger partial charge in [0.15, 0.2) is 0 Å². The molecule has 0 unspecified atom stereocenters. The average Bonchev–Trinajstić information content (AvgIpc) is 2.94. The van der Waals surface area contributed by atoms with Crippen molar-refractivity contribution < 1.29 is 17.6 Å². The van der Waals surface area contributed by atoms with Crippen molar-refractivity contribution in [1.29, 1.82) is 0 Å². The predicted molar refractivity (Wildman–Crippen MR) is 156 cm³/mol. The van der Waals surface area contributed by atoms with E-state index in [0.29, 0.717) is 16.8 Å². The molecule has 3 aromatic heterocycles. The van der Waals surface area contributed by atoms with Crippen LogP contribution < -0.4 is 10.2 Å². The Morgan fingerprint density at radius 3 is 1.88 bits per heavy atom. The number of aromatic nitrogens is 3. The fourth-order valence-electron chi connectivity index (χ4n) is 4.58. The number of anilines is 1. The number of rotatable bonds is 2. The minimum absolute atomic E-state index is 0.0972. The molecule has 41 heavy (non-hydrogen) atoms. The number of benzene rings is 2. The number of hydrogen-bond acceptors (Lipinski definition) is 5. The lowest BCUT2D eigenvalue weighted by Crippen LogP contribution is -2.43. The van der Waals surface area contributed by atoms with E-state index >= 15 is 0 Å². The summed E-state index contributed by atoms with van der Waals surface area (Å²) in [6, 6.07) is 7.72. The van der Waals surface area contributed by atoms with Gasteiger partial charge in [0.05, 0.1) is 37.5 Å². The van der Waals surface area contributed by atoms with Gasteiger partial charge in [0.2, 0.25) is 0 Å². The van der Waals surface area contributed by atoms with Crippen LogP contribution in [0.3, 0.4) is 0 Å². The Morgan fingerprint density at radius 1 is 0.756 bits per heavy atom. The van der Waals surface area contributed by atoms with E-state index in [4.69, 9.17) is 34.8 Å². The highest BCUT2D eigenvalue weighted by Crippen LogP contribution is 2.35. The lowest BCUT2D eigenvalue weighted by Gasteiger charge is -2.28. The highest BCUT2D eigenvalue weighted by molar-refractivity contribution is 6.39. The van der Waals surface area contributed by atoms with Gasteiger partial charge in [0.1, 0.15) is 34.2 Å². The number of nitrogens with zero attached hydrogens (tertiary/aromatic N) is 4. The zero-order valence-electron chi connectivity index (χ0n) is 21.8. The SMILES string of the molecule is Cc1c(-c2ccc(N3CCNCC3)nc2)nc2cc(F)cc(F)c2c1Cl.Cc1c(Cl)nc2cc(F)cc(F)c2c1Cl. The molecule has 1 N–H and O–H groups in total. The van der Waals surface area contributed by atoms with Crippen LogP contribution in [-0.2, 0) is 0 Å². The zero-order chi connectivity index (χ0) is 29.4. The Labute approximate surface area is 248 Å². The Hall–Kier alpha value is -3.24. The van der Waals surface area contributed by atoms with E-state index in [-0.39, 0.29) is 37.0 Å². The van der Waals surface area contributed by atoms with E-state index in [1.165, 1.54) is 6.07 Å². The number of pyridine rings is 3. The van der Waals surface area contributed by atoms with Crippen molar-refractivity contribution in [2.45, 2.75) is 13.8 Å². The summed E-state index contributed by atoms with van der Waals surface area (Å²) in [5.74, 6) is -1.93. The molecule has 6 rings (SSSR count). The molecular formula is C29H22Cl3F4N5.